The highest BCUT2D eigenvalue weighted by atomic mass is 32.2. The van der Waals surface area contributed by atoms with Gasteiger partial charge in [-0.2, -0.15) is 0 Å². The van der Waals surface area contributed by atoms with Crippen LogP contribution >= 0.6 is 0 Å². The fourth-order valence-electron chi connectivity index (χ4n) is 1.47. The molecule has 19 heavy (non-hydrogen) atoms. The molecular formula is C12H19N3O3S. The first kappa shape index (κ1) is 15.6. The van der Waals surface area contributed by atoms with E-state index in [4.69, 9.17) is 10.9 Å². The molecule has 0 aliphatic heterocycles. The molecule has 0 fully saturated rings. The molecule has 1 unspecified atom stereocenters. The van der Waals surface area contributed by atoms with Gasteiger partial charge in [0.1, 0.15) is 0 Å². The zero-order chi connectivity index (χ0) is 14.5. The van der Waals surface area contributed by atoms with Gasteiger partial charge in [0.25, 0.3) is 0 Å². The Morgan fingerprint density at radius 2 is 1.89 bits per heavy atom. The van der Waals surface area contributed by atoms with Crippen LogP contribution in [-0.2, 0) is 21.4 Å². The number of nitrogens with two attached hydrogens (primary N) is 2. The average Bonchev–Trinajstić information content (AvgIpc) is 2.35. The Balaban J connectivity index is 2.53. The molecule has 0 bridgehead atoms. The first-order valence-corrected chi connectivity index (χ1v) is 7.46. The van der Waals surface area contributed by atoms with Crippen molar-refractivity contribution in [2.24, 2.45) is 16.8 Å². The minimum absolute atomic E-state index is 0.0549. The third-order valence-electron chi connectivity index (χ3n) is 2.68. The highest BCUT2D eigenvalue weighted by molar-refractivity contribution is 7.89. The van der Waals surface area contributed by atoms with Gasteiger partial charge in [-0.05, 0) is 30.2 Å². The average molecular weight is 285 g/mol. The quantitative estimate of drug-likeness (QED) is 0.678. The Morgan fingerprint density at radius 3 is 2.37 bits per heavy atom. The van der Waals surface area contributed by atoms with E-state index in [2.05, 4.69) is 5.32 Å². The molecule has 0 saturated carbocycles. The van der Waals surface area contributed by atoms with Gasteiger partial charge in [-0.3, -0.25) is 4.79 Å². The van der Waals surface area contributed by atoms with E-state index in [1.807, 2.05) is 6.92 Å². The van der Waals surface area contributed by atoms with Crippen molar-refractivity contribution in [2.75, 3.05) is 6.54 Å². The Kier molecular flexibility index (Phi) is 5.46. The van der Waals surface area contributed by atoms with Crippen molar-refractivity contribution < 1.29 is 13.2 Å². The highest BCUT2D eigenvalue weighted by Gasteiger charge is 2.08. The van der Waals surface area contributed by atoms with Crippen molar-refractivity contribution in [1.82, 2.24) is 5.32 Å². The van der Waals surface area contributed by atoms with Crippen molar-refractivity contribution >= 4 is 15.9 Å². The van der Waals surface area contributed by atoms with Crippen molar-refractivity contribution in [3.8, 4) is 0 Å². The minimum atomic E-state index is -3.67. The standard InChI is InChI=1S/C12H19N3O3S/c1-9(7-13)6-12(16)15-8-10-2-4-11(5-3-10)19(14,17)18/h2-5,9H,6-8,13H2,1H3,(H,15,16)(H2,14,17,18). The van der Waals surface area contributed by atoms with Crippen LogP contribution < -0.4 is 16.2 Å². The summed E-state index contributed by atoms with van der Waals surface area (Å²) < 4.78 is 22.1. The lowest BCUT2D eigenvalue weighted by Crippen LogP contribution is -2.26. The van der Waals surface area contributed by atoms with E-state index in [1.54, 1.807) is 12.1 Å². The van der Waals surface area contributed by atoms with Gasteiger partial charge in [-0.25, -0.2) is 13.6 Å². The van der Waals surface area contributed by atoms with Crippen LogP contribution in [0, 0.1) is 5.92 Å². The summed E-state index contributed by atoms with van der Waals surface area (Å²) in [6, 6.07) is 6.07. The van der Waals surface area contributed by atoms with Crippen LogP contribution in [0.1, 0.15) is 18.9 Å². The second kappa shape index (κ2) is 6.65. The van der Waals surface area contributed by atoms with Crippen LogP contribution in [0.3, 0.4) is 0 Å². The number of rotatable bonds is 6. The van der Waals surface area contributed by atoms with Gasteiger partial charge < -0.3 is 11.1 Å². The van der Waals surface area contributed by atoms with Crippen LogP contribution in [0.15, 0.2) is 29.2 Å². The minimum Gasteiger partial charge on any atom is -0.352 e. The van der Waals surface area contributed by atoms with Crippen LogP contribution in [0.25, 0.3) is 0 Å². The maximum Gasteiger partial charge on any atom is 0.238 e. The number of carbonyl (C=O) groups is 1. The van der Waals surface area contributed by atoms with Crippen LogP contribution in [0.4, 0.5) is 0 Å². The first-order valence-electron chi connectivity index (χ1n) is 5.91. The molecule has 0 heterocycles. The summed E-state index contributed by atoms with van der Waals surface area (Å²) in [5.41, 5.74) is 6.24. The zero-order valence-corrected chi connectivity index (χ0v) is 11.6. The molecule has 0 radical (unpaired) electrons. The largest absolute Gasteiger partial charge is 0.352 e. The number of hydrogen-bond acceptors (Lipinski definition) is 4. The molecule has 5 N–H and O–H groups in total. The lowest BCUT2D eigenvalue weighted by atomic mass is 10.1. The fraction of sp³-hybridized carbons (Fsp3) is 0.417. The van der Waals surface area contributed by atoms with E-state index in [-0.39, 0.29) is 16.7 Å². The van der Waals surface area contributed by atoms with E-state index < -0.39 is 10.0 Å². The van der Waals surface area contributed by atoms with Gasteiger partial charge in [0.2, 0.25) is 15.9 Å². The van der Waals surface area contributed by atoms with E-state index in [0.29, 0.717) is 19.5 Å². The molecule has 1 aromatic carbocycles. The topological polar surface area (TPSA) is 115 Å². The fourth-order valence-corrected chi connectivity index (χ4v) is 1.99. The van der Waals surface area contributed by atoms with E-state index >= 15 is 0 Å². The predicted molar refractivity (Wildman–Crippen MR) is 72.5 cm³/mol. The summed E-state index contributed by atoms with van der Waals surface area (Å²) in [6.07, 6.45) is 0.381. The lowest BCUT2D eigenvalue weighted by molar-refractivity contribution is -0.122. The summed E-state index contributed by atoms with van der Waals surface area (Å²) >= 11 is 0. The Hall–Kier alpha value is -1.44. The number of nitrogens with one attached hydrogen (secondary N) is 1. The number of amides is 1. The molecule has 0 aliphatic rings. The number of primary sulfonamides is 1. The number of benzene rings is 1. The van der Waals surface area contributed by atoms with Crippen molar-refractivity contribution in [1.29, 1.82) is 0 Å². The molecule has 1 rings (SSSR count). The Bertz CT molecular complexity index is 526. The maximum atomic E-state index is 11.5. The van der Waals surface area contributed by atoms with E-state index in [1.165, 1.54) is 12.1 Å². The van der Waals surface area contributed by atoms with Crippen LogP contribution in [0.5, 0.6) is 0 Å². The van der Waals surface area contributed by atoms with E-state index in [9.17, 15) is 13.2 Å². The van der Waals surface area contributed by atoms with Crippen molar-refractivity contribution in [3.05, 3.63) is 29.8 Å². The second-order valence-electron chi connectivity index (χ2n) is 4.51. The molecular weight excluding hydrogens is 266 g/mol. The SMILES string of the molecule is CC(CN)CC(=O)NCc1ccc(S(N)(=O)=O)cc1. The van der Waals surface area contributed by atoms with Gasteiger partial charge in [0.05, 0.1) is 4.90 Å². The predicted octanol–water partition coefficient (Wildman–Crippen LogP) is -0.0649. The highest BCUT2D eigenvalue weighted by Crippen LogP contribution is 2.08. The molecule has 0 aliphatic carbocycles. The Morgan fingerprint density at radius 1 is 1.32 bits per heavy atom. The van der Waals surface area contributed by atoms with Gasteiger partial charge >= 0.3 is 0 Å². The molecule has 0 spiro atoms. The third-order valence-corrected chi connectivity index (χ3v) is 3.61. The van der Waals surface area contributed by atoms with Gasteiger partial charge in [-0.15, -0.1) is 0 Å². The maximum absolute atomic E-state index is 11.5. The lowest BCUT2D eigenvalue weighted by Gasteiger charge is -2.09. The van der Waals surface area contributed by atoms with Crippen LogP contribution in [0.2, 0.25) is 0 Å². The molecule has 7 heteroatoms. The van der Waals surface area contributed by atoms with Gasteiger partial charge in [-0.1, -0.05) is 19.1 Å². The molecule has 0 aromatic heterocycles. The number of sulfonamides is 1. The number of hydrogen-bond donors (Lipinski definition) is 3. The molecule has 1 atom stereocenters. The monoisotopic (exact) mass is 285 g/mol. The molecule has 1 aromatic rings. The van der Waals surface area contributed by atoms with Crippen molar-refractivity contribution in [3.63, 3.8) is 0 Å². The Labute approximate surface area is 113 Å². The first-order chi connectivity index (χ1) is 8.82. The molecule has 0 saturated heterocycles. The summed E-state index contributed by atoms with van der Waals surface area (Å²) in [5.74, 6) is 0.0678. The summed E-state index contributed by atoms with van der Waals surface area (Å²) in [4.78, 5) is 11.6. The molecule has 6 nitrogen and oxygen atoms in total. The molecule has 1 amide bonds. The summed E-state index contributed by atoms with van der Waals surface area (Å²) in [5, 5.41) is 7.74. The third kappa shape index (κ3) is 5.37. The molecule has 106 valence electrons. The smallest absolute Gasteiger partial charge is 0.238 e. The van der Waals surface area contributed by atoms with Crippen LogP contribution in [-0.4, -0.2) is 20.9 Å². The van der Waals surface area contributed by atoms with E-state index in [0.717, 1.165) is 5.56 Å². The second-order valence-corrected chi connectivity index (χ2v) is 6.07. The van der Waals surface area contributed by atoms with Gasteiger partial charge in [0, 0.05) is 13.0 Å². The normalized spacial score (nSPS) is 13.0. The van der Waals surface area contributed by atoms with Gasteiger partial charge in [0.15, 0.2) is 0 Å². The zero-order valence-electron chi connectivity index (χ0n) is 10.8. The summed E-state index contributed by atoms with van der Waals surface area (Å²) in [6.45, 7) is 2.72. The number of carbonyl (C=O) groups excluding carboxylic acids is 1. The summed E-state index contributed by atoms with van der Waals surface area (Å²) in [7, 11) is -3.67. The van der Waals surface area contributed by atoms with Crippen molar-refractivity contribution in [2.45, 2.75) is 24.8 Å².